The quantitative estimate of drug-likeness (QED) is 0.590. The zero-order valence-electron chi connectivity index (χ0n) is 7.09. The topological polar surface area (TPSA) is 66.4 Å². The maximum atomic E-state index is 11.3. The number of aliphatic carboxylic acids is 1. The lowest BCUT2D eigenvalue weighted by Crippen LogP contribution is -2.43. The molecule has 1 fully saturated rings. The van der Waals surface area contributed by atoms with Crippen molar-refractivity contribution in [3.05, 3.63) is 0 Å². The van der Waals surface area contributed by atoms with Gasteiger partial charge in [0.2, 0.25) is 5.91 Å². The molecule has 1 amide bonds. The van der Waals surface area contributed by atoms with Crippen LogP contribution in [0.2, 0.25) is 0 Å². The minimum atomic E-state index is -1.13. The third-order valence-corrected chi connectivity index (χ3v) is 2.53. The van der Waals surface area contributed by atoms with E-state index in [4.69, 9.17) is 5.11 Å². The van der Waals surface area contributed by atoms with Gasteiger partial charge >= 0.3 is 5.97 Å². The van der Waals surface area contributed by atoms with Gasteiger partial charge in [-0.2, -0.15) is 0 Å². The zero-order valence-corrected chi connectivity index (χ0v) is 7.09. The van der Waals surface area contributed by atoms with Gasteiger partial charge in [0.05, 0.1) is 0 Å². The van der Waals surface area contributed by atoms with Gasteiger partial charge in [0.25, 0.3) is 0 Å². The van der Waals surface area contributed by atoms with E-state index < -0.39 is 11.4 Å². The van der Waals surface area contributed by atoms with Gasteiger partial charge in [-0.25, -0.2) is 0 Å². The Hall–Kier alpha value is -1.06. The highest BCUT2D eigenvalue weighted by atomic mass is 16.4. The van der Waals surface area contributed by atoms with Crippen molar-refractivity contribution in [2.24, 2.45) is 5.41 Å². The van der Waals surface area contributed by atoms with Crippen LogP contribution >= 0.6 is 0 Å². The van der Waals surface area contributed by atoms with Crippen LogP contribution in [0, 0.1) is 5.41 Å². The molecule has 1 rings (SSSR count). The Morgan fingerprint density at radius 2 is 1.83 bits per heavy atom. The van der Waals surface area contributed by atoms with Crippen molar-refractivity contribution in [2.45, 2.75) is 25.7 Å². The van der Waals surface area contributed by atoms with Gasteiger partial charge in [0, 0.05) is 7.05 Å². The predicted molar refractivity (Wildman–Crippen MR) is 42.6 cm³/mol. The SMILES string of the molecule is CNC(=O)C1(C(=O)O)CCCC1. The Kier molecular flexibility index (Phi) is 2.35. The summed E-state index contributed by atoms with van der Waals surface area (Å²) >= 11 is 0. The molecule has 0 bridgehead atoms. The number of nitrogens with one attached hydrogen (secondary N) is 1. The molecule has 0 aromatic heterocycles. The van der Waals surface area contributed by atoms with E-state index in [0.717, 1.165) is 12.8 Å². The molecule has 0 saturated heterocycles. The van der Waals surface area contributed by atoms with Crippen LogP contribution in [0.3, 0.4) is 0 Å². The normalized spacial score (nSPS) is 20.4. The minimum absolute atomic E-state index is 0.354. The second-order valence-electron chi connectivity index (χ2n) is 3.17. The zero-order chi connectivity index (χ0) is 9.19. The van der Waals surface area contributed by atoms with E-state index in [1.165, 1.54) is 7.05 Å². The molecule has 4 heteroatoms. The van der Waals surface area contributed by atoms with Gasteiger partial charge in [0.15, 0.2) is 0 Å². The van der Waals surface area contributed by atoms with Crippen LogP contribution in [0.4, 0.5) is 0 Å². The maximum Gasteiger partial charge on any atom is 0.319 e. The third kappa shape index (κ3) is 1.17. The summed E-state index contributed by atoms with van der Waals surface area (Å²) in [6.45, 7) is 0. The van der Waals surface area contributed by atoms with E-state index >= 15 is 0 Å². The summed E-state index contributed by atoms with van der Waals surface area (Å²) in [6, 6.07) is 0. The van der Waals surface area contributed by atoms with E-state index in [0.29, 0.717) is 12.8 Å². The average molecular weight is 171 g/mol. The molecular weight excluding hydrogens is 158 g/mol. The van der Waals surface area contributed by atoms with Gasteiger partial charge in [-0.3, -0.25) is 9.59 Å². The predicted octanol–water partition coefficient (Wildman–Crippen LogP) is 0.377. The van der Waals surface area contributed by atoms with Crippen LogP contribution in [-0.2, 0) is 9.59 Å². The van der Waals surface area contributed by atoms with Crippen molar-refractivity contribution in [1.29, 1.82) is 0 Å². The van der Waals surface area contributed by atoms with Gasteiger partial charge < -0.3 is 10.4 Å². The van der Waals surface area contributed by atoms with Crippen molar-refractivity contribution in [1.82, 2.24) is 5.32 Å². The van der Waals surface area contributed by atoms with Crippen molar-refractivity contribution in [3.63, 3.8) is 0 Å². The van der Waals surface area contributed by atoms with E-state index in [1.807, 2.05) is 0 Å². The fraction of sp³-hybridized carbons (Fsp3) is 0.750. The molecule has 12 heavy (non-hydrogen) atoms. The molecule has 1 aliphatic rings. The molecule has 0 unspecified atom stereocenters. The number of rotatable bonds is 2. The molecule has 1 saturated carbocycles. The number of hydrogen-bond donors (Lipinski definition) is 2. The first-order chi connectivity index (χ1) is 5.63. The maximum absolute atomic E-state index is 11.3. The Balaban J connectivity index is 2.86. The first-order valence-corrected chi connectivity index (χ1v) is 4.09. The van der Waals surface area contributed by atoms with Gasteiger partial charge in [-0.05, 0) is 12.8 Å². The molecule has 1 aliphatic carbocycles. The van der Waals surface area contributed by atoms with E-state index in [2.05, 4.69) is 5.32 Å². The Morgan fingerprint density at radius 3 is 2.17 bits per heavy atom. The molecule has 2 N–H and O–H groups in total. The third-order valence-electron chi connectivity index (χ3n) is 2.53. The molecule has 0 spiro atoms. The Morgan fingerprint density at radius 1 is 1.33 bits per heavy atom. The lowest BCUT2D eigenvalue weighted by Gasteiger charge is -2.20. The first-order valence-electron chi connectivity index (χ1n) is 4.09. The minimum Gasteiger partial charge on any atom is -0.480 e. The summed E-state index contributed by atoms with van der Waals surface area (Å²) < 4.78 is 0. The highest BCUT2D eigenvalue weighted by Crippen LogP contribution is 2.38. The van der Waals surface area contributed by atoms with Crippen LogP contribution in [0.25, 0.3) is 0 Å². The van der Waals surface area contributed by atoms with E-state index in [9.17, 15) is 9.59 Å². The molecule has 0 atom stereocenters. The monoisotopic (exact) mass is 171 g/mol. The Bertz CT molecular complexity index is 206. The number of carbonyl (C=O) groups excluding carboxylic acids is 1. The molecule has 0 aromatic carbocycles. The van der Waals surface area contributed by atoms with Crippen molar-refractivity contribution < 1.29 is 14.7 Å². The van der Waals surface area contributed by atoms with Crippen LogP contribution in [0.15, 0.2) is 0 Å². The second kappa shape index (κ2) is 3.13. The lowest BCUT2D eigenvalue weighted by molar-refractivity contribution is -0.155. The van der Waals surface area contributed by atoms with Gasteiger partial charge in [-0.15, -0.1) is 0 Å². The molecule has 0 heterocycles. The van der Waals surface area contributed by atoms with Gasteiger partial charge in [0.1, 0.15) is 5.41 Å². The van der Waals surface area contributed by atoms with Crippen LogP contribution in [0.1, 0.15) is 25.7 Å². The summed E-state index contributed by atoms with van der Waals surface area (Å²) in [4.78, 5) is 22.1. The summed E-state index contributed by atoms with van der Waals surface area (Å²) in [7, 11) is 1.48. The lowest BCUT2D eigenvalue weighted by atomic mass is 9.85. The summed E-state index contributed by atoms with van der Waals surface area (Å²) in [5, 5.41) is 11.3. The molecule has 0 radical (unpaired) electrons. The summed E-state index contributed by atoms with van der Waals surface area (Å²) in [5.41, 5.74) is -1.13. The molecule has 68 valence electrons. The van der Waals surface area contributed by atoms with Crippen LogP contribution in [-0.4, -0.2) is 24.0 Å². The number of hydrogen-bond acceptors (Lipinski definition) is 2. The van der Waals surface area contributed by atoms with Crippen molar-refractivity contribution in [2.75, 3.05) is 7.05 Å². The molecule has 0 aromatic rings. The standard InChI is InChI=1S/C8H13NO3/c1-9-6(10)8(7(11)12)4-2-3-5-8/h2-5H2,1H3,(H,9,10)(H,11,12). The van der Waals surface area contributed by atoms with E-state index in [1.54, 1.807) is 0 Å². The largest absolute Gasteiger partial charge is 0.480 e. The fourth-order valence-corrected chi connectivity index (χ4v) is 1.76. The summed E-state index contributed by atoms with van der Waals surface area (Å²) in [6.07, 6.45) is 2.61. The second-order valence-corrected chi connectivity index (χ2v) is 3.17. The molecule has 0 aliphatic heterocycles. The number of carboxylic acid groups (broad SMARTS) is 1. The summed E-state index contributed by atoms with van der Waals surface area (Å²) in [5.74, 6) is -1.34. The van der Waals surface area contributed by atoms with Crippen LogP contribution in [0.5, 0.6) is 0 Å². The fourth-order valence-electron chi connectivity index (χ4n) is 1.76. The molecule has 4 nitrogen and oxygen atoms in total. The average Bonchev–Trinajstić information content (AvgIpc) is 2.52. The van der Waals surface area contributed by atoms with Crippen molar-refractivity contribution in [3.8, 4) is 0 Å². The first kappa shape index (κ1) is 9.03. The number of carbonyl (C=O) groups is 2. The highest BCUT2D eigenvalue weighted by Gasteiger charge is 2.47. The highest BCUT2D eigenvalue weighted by molar-refractivity contribution is 6.02. The molecular formula is C8H13NO3. The number of carboxylic acids is 1. The van der Waals surface area contributed by atoms with E-state index in [-0.39, 0.29) is 5.91 Å². The van der Waals surface area contributed by atoms with Crippen LogP contribution < -0.4 is 5.32 Å². The van der Waals surface area contributed by atoms with Gasteiger partial charge in [-0.1, -0.05) is 12.8 Å². The number of amides is 1. The smallest absolute Gasteiger partial charge is 0.319 e. The Labute approximate surface area is 71.0 Å². The van der Waals surface area contributed by atoms with Crippen molar-refractivity contribution >= 4 is 11.9 Å².